The lowest BCUT2D eigenvalue weighted by Crippen LogP contribution is -2.52. The molecule has 0 radical (unpaired) electrons. The largest absolute Gasteiger partial charge is 0.368 e. The Morgan fingerprint density at radius 2 is 2.06 bits per heavy atom. The number of fused-ring (bicyclic) bond motifs is 1. The van der Waals surface area contributed by atoms with E-state index in [0.29, 0.717) is 24.9 Å². The standard InChI is InChI=1S/C22H25N3O4S.CH4.2H2S/c1-13(2)8-16(22(28)25-6-5-18-20(25)17(26)12-29-18)24-21(27)15-9-14(10-23-11-15)19-4-3-7-30-19;;;/h3-4,7,9-11,13,16,18,20H,5-6,8,12H2,1-2H3,(H,24,27);1H4;2*1H2/t16-,18+,20+;;;/m0.../s1. The van der Waals surface area contributed by atoms with Crippen molar-refractivity contribution in [3.8, 4) is 10.4 Å². The van der Waals surface area contributed by atoms with Gasteiger partial charge in [-0.05, 0) is 36.3 Å². The number of hydrogen-bond acceptors (Lipinski definition) is 6. The number of nitrogens with zero attached hydrogens (tertiary/aromatic N) is 2. The first-order valence-corrected chi connectivity index (χ1v) is 11.1. The van der Waals surface area contributed by atoms with E-state index < -0.39 is 12.1 Å². The van der Waals surface area contributed by atoms with Gasteiger partial charge in [-0.1, -0.05) is 27.3 Å². The average Bonchev–Trinajstić information content (AvgIpc) is 3.46. The average molecular weight is 512 g/mol. The van der Waals surface area contributed by atoms with E-state index >= 15 is 0 Å². The molecule has 0 saturated carbocycles. The lowest BCUT2D eigenvalue weighted by Gasteiger charge is -2.28. The van der Waals surface area contributed by atoms with Gasteiger partial charge < -0.3 is 15.0 Å². The molecule has 2 aromatic heterocycles. The van der Waals surface area contributed by atoms with Gasteiger partial charge in [0.05, 0.1) is 11.7 Å². The number of hydrogen-bond donors (Lipinski definition) is 1. The van der Waals surface area contributed by atoms with E-state index in [2.05, 4.69) is 10.3 Å². The topological polar surface area (TPSA) is 88.6 Å². The van der Waals surface area contributed by atoms with E-state index in [9.17, 15) is 14.4 Å². The van der Waals surface area contributed by atoms with Gasteiger partial charge >= 0.3 is 0 Å². The monoisotopic (exact) mass is 511 g/mol. The van der Waals surface area contributed by atoms with E-state index in [1.165, 1.54) is 6.20 Å². The maximum Gasteiger partial charge on any atom is 0.253 e. The second kappa shape index (κ2) is 12.5. The highest BCUT2D eigenvalue weighted by Gasteiger charge is 2.48. The highest BCUT2D eigenvalue weighted by Crippen LogP contribution is 2.28. The number of thiophene rings is 1. The van der Waals surface area contributed by atoms with Gasteiger partial charge in [0, 0.05) is 29.4 Å². The quantitative estimate of drug-likeness (QED) is 0.642. The van der Waals surface area contributed by atoms with Crippen LogP contribution in [-0.2, 0) is 14.3 Å². The number of nitrogens with one attached hydrogen (secondary N) is 1. The molecule has 1 N–H and O–H groups in total. The normalized spacial score (nSPS) is 19.7. The number of likely N-dealkylation sites (tertiary alicyclic amines) is 1. The summed E-state index contributed by atoms with van der Waals surface area (Å²) in [6.45, 7) is 4.53. The van der Waals surface area contributed by atoms with Gasteiger partial charge in [0.1, 0.15) is 18.7 Å². The van der Waals surface area contributed by atoms with E-state index in [4.69, 9.17) is 4.74 Å². The Kier molecular flexibility index (Phi) is 11.1. The van der Waals surface area contributed by atoms with Gasteiger partial charge in [0.2, 0.25) is 5.91 Å². The van der Waals surface area contributed by atoms with Gasteiger partial charge in [-0.2, -0.15) is 27.0 Å². The maximum absolute atomic E-state index is 13.3. The van der Waals surface area contributed by atoms with E-state index in [0.717, 1.165) is 10.4 Å². The zero-order valence-electron chi connectivity index (χ0n) is 18.0. The highest BCUT2D eigenvalue weighted by atomic mass is 32.1. The summed E-state index contributed by atoms with van der Waals surface area (Å²) in [4.78, 5) is 45.2. The number of Topliss-reactive ketones (excluding diaryl/α,β-unsaturated/α-hetero) is 1. The van der Waals surface area contributed by atoms with Crippen LogP contribution in [0.1, 0.15) is 44.5 Å². The van der Waals surface area contributed by atoms with Gasteiger partial charge in [-0.25, -0.2) is 0 Å². The molecule has 0 aliphatic carbocycles. The van der Waals surface area contributed by atoms with Crippen molar-refractivity contribution < 1.29 is 19.1 Å². The van der Waals surface area contributed by atoms with E-state index in [1.54, 1.807) is 28.5 Å². The molecule has 0 aromatic carbocycles. The number of ether oxygens (including phenoxy) is 1. The minimum Gasteiger partial charge on any atom is -0.368 e. The molecule has 2 saturated heterocycles. The summed E-state index contributed by atoms with van der Waals surface area (Å²) in [5.74, 6) is -0.424. The van der Waals surface area contributed by atoms with E-state index in [-0.39, 0.29) is 70.6 Å². The smallest absolute Gasteiger partial charge is 0.253 e. The molecule has 10 heteroatoms. The third-order valence-electron chi connectivity index (χ3n) is 5.51. The van der Waals surface area contributed by atoms with Crippen molar-refractivity contribution in [1.82, 2.24) is 15.2 Å². The Morgan fingerprint density at radius 3 is 2.73 bits per heavy atom. The van der Waals surface area contributed by atoms with Crippen molar-refractivity contribution in [3.63, 3.8) is 0 Å². The molecule has 3 atom stereocenters. The first-order chi connectivity index (χ1) is 14.4. The van der Waals surface area contributed by atoms with Crippen LogP contribution >= 0.6 is 38.3 Å². The van der Waals surface area contributed by atoms with Gasteiger partial charge in [-0.3, -0.25) is 19.4 Å². The van der Waals surface area contributed by atoms with Crippen LogP contribution < -0.4 is 5.32 Å². The zero-order chi connectivity index (χ0) is 21.3. The van der Waals surface area contributed by atoms with Crippen LogP contribution in [0.5, 0.6) is 0 Å². The predicted octanol–water partition coefficient (Wildman–Crippen LogP) is 3.39. The summed E-state index contributed by atoms with van der Waals surface area (Å²) >= 11 is 1.57. The minimum atomic E-state index is -0.699. The van der Waals surface area contributed by atoms with Crippen LogP contribution in [0.15, 0.2) is 36.0 Å². The number of carbonyl (C=O) groups excluding carboxylic acids is 3. The fraction of sp³-hybridized carbons (Fsp3) is 0.478. The van der Waals surface area contributed by atoms with Crippen molar-refractivity contribution in [2.75, 3.05) is 13.2 Å². The summed E-state index contributed by atoms with van der Waals surface area (Å²) in [7, 11) is 0. The molecule has 2 aliphatic rings. The van der Waals surface area contributed by atoms with Gasteiger partial charge in [-0.15, -0.1) is 11.3 Å². The van der Waals surface area contributed by atoms with Crippen LogP contribution in [-0.4, -0.2) is 58.8 Å². The number of pyridine rings is 1. The Hall–Kier alpha value is -1.88. The highest BCUT2D eigenvalue weighted by molar-refractivity contribution is 7.59. The molecule has 4 heterocycles. The van der Waals surface area contributed by atoms with Crippen LogP contribution in [0, 0.1) is 5.92 Å². The fourth-order valence-electron chi connectivity index (χ4n) is 4.12. The van der Waals surface area contributed by atoms with Crippen molar-refractivity contribution >= 4 is 55.9 Å². The molecule has 7 nitrogen and oxygen atoms in total. The van der Waals surface area contributed by atoms with Crippen molar-refractivity contribution in [1.29, 1.82) is 0 Å². The molecule has 2 aliphatic heterocycles. The van der Waals surface area contributed by atoms with Gasteiger partial charge in [0.25, 0.3) is 5.91 Å². The van der Waals surface area contributed by atoms with Crippen LogP contribution in [0.25, 0.3) is 10.4 Å². The van der Waals surface area contributed by atoms with Gasteiger partial charge in [0.15, 0.2) is 5.78 Å². The molecular formula is C23H33N3O4S3. The summed E-state index contributed by atoms with van der Waals surface area (Å²) in [5.41, 5.74) is 1.27. The summed E-state index contributed by atoms with van der Waals surface area (Å²) in [5, 5.41) is 4.86. The fourth-order valence-corrected chi connectivity index (χ4v) is 4.83. The molecule has 33 heavy (non-hydrogen) atoms. The Labute approximate surface area is 213 Å². The zero-order valence-corrected chi connectivity index (χ0v) is 20.9. The first-order valence-electron chi connectivity index (χ1n) is 10.2. The molecule has 2 fully saturated rings. The Morgan fingerprint density at radius 1 is 1.30 bits per heavy atom. The third-order valence-corrected chi connectivity index (χ3v) is 6.43. The van der Waals surface area contributed by atoms with E-state index in [1.807, 2.05) is 31.4 Å². The molecule has 2 aromatic rings. The van der Waals surface area contributed by atoms with Crippen molar-refractivity contribution in [2.45, 2.75) is 52.3 Å². The summed E-state index contributed by atoms with van der Waals surface area (Å²) in [6, 6.07) is 4.48. The lowest BCUT2D eigenvalue weighted by molar-refractivity contribution is -0.138. The van der Waals surface area contributed by atoms with Crippen molar-refractivity contribution in [2.24, 2.45) is 5.92 Å². The molecule has 2 amide bonds. The molecule has 0 bridgehead atoms. The van der Waals surface area contributed by atoms with Crippen LogP contribution in [0.4, 0.5) is 0 Å². The summed E-state index contributed by atoms with van der Waals surface area (Å²) < 4.78 is 5.49. The predicted molar refractivity (Wildman–Crippen MR) is 141 cm³/mol. The Bertz CT molecular complexity index is 952. The minimum absolute atomic E-state index is 0. The molecule has 182 valence electrons. The molecular weight excluding hydrogens is 478 g/mol. The second-order valence-electron chi connectivity index (χ2n) is 8.18. The van der Waals surface area contributed by atoms with Crippen LogP contribution in [0.3, 0.4) is 0 Å². The SMILES string of the molecule is C.CC(C)C[C@H](NC(=O)c1cncc(-c2cccs2)c1)C(=O)N1CC[C@H]2OCC(=O)[C@H]21.S.S. The molecule has 4 rings (SSSR count). The number of rotatable bonds is 6. The number of ketones is 1. The molecule has 0 unspecified atom stereocenters. The van der Waals surface area contributed by atoms with Crippen molar-refractivity contribution in [3.05, 3.63) is 41.5 Å². The first kappa shape index (κ1) is 29.2. The molecule has 0 spiro atoms. The Balaban J connectivity index is 0.00000181. The summed E-state index contributed by atoms with van der Waals surface area (Å²) in [6.07, 6.45) is 4.14. The lowest BCUT2D eigenvalue weighted by atomic mass is 10.0. The van der Waals surface area contributed by atoms with Crippen LogP contribution in [0.2, 0.25) is 0 Å². The second-order valence-corrected chi connectivity index (χ2v) is 9.12. The third kappa shape index (κ3) is 6.38. The number of carbonyl (C=O) groups is 3. The maximum atomic E-state index is 13.3. The number of aromatic nitrogens is 1. The number of amides is 2.